The fourth-order valence-corrected chi connectivity index (χ4v) is 5.98. The van der Waals surface area contributed by atoms with E-state index in [1.165, 1.54) is 32.4 Å². The van der Waals surface area contributed by atoms with Crippen molar-refractivity contribution in [3.63, 3.8) is 0 Å². The van der Waals surface area contributed by atoms with Crippen LogP contribution in [0.1, 0.15) is 16.7 Å². The zero-order valence-corrected chi connectivity index (χ0v) is 18.8. The molecule has 6 rings (SSSR count). The molecule has 2 aliphatic heterocycles. The molecular formula is C26H26N2O3S. The van der Waals surface area contributed by atoms with Crippen LogP contribution in [0.25, 0.3) is 10.8 Å². The van der Waals surface area contributed by atoms with Crippen molar-refractivity contribution in [2.75, 3.05) is 38.7 Å². The number of benzene rings is 3. The maximum Gasteiger partial charge on any atom is 0.233 e. The topological polar surface area (TPSA) is 42.0 Å². The van der Waals surface area contributed by atoms with Gasteiger partial charge in [-0.15, -0.1) is 11.8 Å². The van der Waals surface area contributed by atoms with Gasteiger partial charge in [0.15, 0.2) is 11.5 Å². The number of thioether (sulfide) groups is 1. The molecule has 0 saturated carbocycles. The highest BCUT2D eigenvalue weighted by atomic mass is 32.2. The molecule has 164 valence electrons. The number of piperazine rings is 1. The lowest BCUT2D eigenvalue weighted by molar-refractivity contribution is -0.130. The molecule has 0 N–H and O–H groups in total. The Morgan fingerprint density at radius 3 is 2.59 bits per heavy atom. The molecule has 0 atom stereocenters. The molecule has 6 heteroatoms. The van der Waals surface area contributed by atoms with Gasteiger partial charge in [0, 0.05) is 37.6 Å². The normalized spacial score (nSPS) is 17.3. The van der Waals surface area contributed by atoms with Crippen LogP contribution in [0.2, 0.25) is 0 Å². The first-order valence-electron chi connectivity index (χ1n) is 11.3. The summed E-state index contributed by atoms with van der Waals surface area (Å²) >= 11 is 1.68. The summed E-state index contributed by atoms with van der Waals surface area (Å²) in [5, 5.41) is 2.73. The van der Waals surface area contributed by atoms with Gasteiger partial charge in [-0.25, -0.2) is 0 Å². The second-order valence-corrected chi connectivity index (χ2v) is 9.71. The predicted octanol–water partition coefficient (Wildman–Crippen LogP) is 4.10. The van der Waals surface area contributed by atoms with Gasteiger partial charge in [-0.2, -0.15) is 0 Å². The Morgan fingerprint density at radius 1 is 0.906 bits per heavy atom. The zero-order valence-electron chi connectivity index (χ0n) is 18.0. The molecule has 3 aromatic rings. The van der Waals surface area contributed by atoms with Crippen molar-refractivity contribution in [1.82, 2.24) is 9.80 Å². The molecule has 32 heavy (non-hydrogen) atoms. The Labute approximate surface area is 192 Å². The van der Waals surface area contributed by atoms with Crippen LogP contribution in [-0.4, -0.2) is 54.4 Å². The maximum atomic E-state index is 12.9. The predicted molar refractivity (Wildman–Crippen MR) is 127 cm³/mol. The third-order valence-electron chi connectivity index (χ3n) is 6.76. The van der Waals surface area contributed by atoms with E-state index >= 15 is 0 Å². The minimum Gasteiger partial charge on any atom is -0.454 e. The summed E-state index contributed by atoms with van der Waals surface area (Å²) < 4.78 is 10.9. The van der Waals surface area contributed by atoms with Crippen LogP contribution < -0.4 is 9.47 Å². The molecule has 0 radical (unpaired) electrons. The van der Waals surface area contributed by atoms with Crippen molar-refractivity contribution in [3.05, 3.63) is 65.2 Å². The van der Waals surface area contributed by atoms with Gasteiger partial charge in [0.25, 0.3) is 0 Å². The van der Waals surface area contributed by atoms with Gasteiger partial charge >= 0.3 is 0 Å². The summed E-state index contributed by atoms with van der Waals surface area (Å²) in [7, 11) is 0. The van der Waals surface area contributed by atoms with Crippen molar-refractivity contribution in [2.45, 2.75) is 24.3 Å². The van der Waals surface area contributed by atoms with Crippen LogP contribution >= 0.6 is 11.8 Å². The van der Waals surface area contributed by atoms with Crippen LogP contribution in [0, 0.1) is 0 Å². The number of amides is 1. The molecular weight excluding hydrogens is 420 g/mol. The molecule has 3 aliphatic rings. The molecule has 0 unspecified atom stereocenters. The summed E-state index contributed by atoms with van der Waals surface area (Å²) in [6, 6.07) is 17.2. The second kappa shape index (κ2) is 8.34. The fourth-order valence-electron chi connectivity index (χ4n) is 5.03. The Morgan fingerprint density at radius 2 is 1.72 bits per heavy atom. The lowest BCUT2D eigenvalue weighted by Crippen LogP contribution is -2.48. The summed E-state index contributed by atoms with van der Waals surface area (Å²) in [5.41, 5.74) is 4.12. The molecule has 1 saturated heterocycles. The van der Waals surface area contributed by atoms with Gasteiger partial charge in [-0.3, -0.25) is 9.69 Å². The molecule has 1 aliphatic carbocycles. The maximum absolute atomic E-state index is 12.9. The molecule has 1 amide bonds. The van der Waals surface area contributed by atoms with Crippen LogP contribution in [0.3, 0.4) is 0 Å². The van der Waals surface area contributed by atoms with E-state index in [9.17, 15) is 4.79 Å². The van der Waals surface area contributed by atoms with E-state index in [1.54, 1.807) is 11.8 Å². The molecule has 2 heterocycles. The monoisotopic (exact) mass is 446 g/mol. The van der Waals surface area contributed by atoms with Crippen molar-refractivity contribution in [1.29, 1.82) is 0 Å². The van der Waals surface area contributed by atoms with Crippen molar-refractivity contribution < 1.29 is 14.3 Å². The van der Waals surface area contributed by atoms with Crippen LogP contribution in [0.4, 0.5) is 0 Å². The van der Waals surface area contributed by atoms with E-state index < -0.39 is 0 Å². The average molecular weight is 447 g/mol. The van der Waals surface area contributed by atoms with Gasteiger partial charge in [0.05, 0.1) is 5.75 Å². The van der Waals surface area contributed by atoms with Gasteiger partial charge in [-0.05, 0) is 58.5 Å². The average Bonchev–Trinajstić information content (AvgIpc) is 3.47. The number of hydrogen-bond acceptors (Lipinski definition) is 5. The molecule has 1 fully saturated rings. The fraction of sp³-hybridized carbons (Fsp3) is 0.346. The molecule has 0 bridgehead atoms. The van der Waals surface area contributed by atoms with Crippen LogP contribution in [0.5, 0.6) is 11.5 Å². The minimum absolute atomic E-state index is 0.237. The third kappa shape index (κ3) is 3.71. The first-order chi connectivity index (χ1) is 15.7. The van der Waals surface area contributed by atoms with Crippen LogP contribution in [-0.2, 0) is 24.2 Å². The quantitative estimate of drug-likeness (QED) is 0.552. The summed E-state index contributed by atoms with van der Waals surface area (Å²) in [5.74, 6) is 2.39. The van der Waals surface area contributed by atoms with E-state index in [4.69, 9.17) is 9.47 Å². The highest BCUT2D eigenvalue weighted by molar-refractivity contribution is 8.00. The number of hydrogen-bond donors (Lipinski definition) is 0. The lowest BCUT2D eigenvalue weighted by atomic mass is 10.1. The minimum atomic E-state index is 0.237. The van der Waals surface area contributed by atoms with Gasteiger partial charge < -0.3 is 14.4 Å². The van der Waals surface area contributed by atoms with Crippen molar-refractivity contribution in [2.24, 2.45) is 0 Å². The summed E-state index contributed by atoms with van der Waals surface area (Å²) in [4.78, 5) is 18.5. The van der Waals surface area contributed by atoms with Crippen molar-refractivity contribution >= 4 is 28.4 Å². The van der Waals surface area contributed by atoms with Crippen molar-refractivity contribution in [3.8, 4) is 11.5 Å². The van der Waals surface area contributed by atoms with Gasteiger partial charge in [0.2, 0.25) is 12.7 Å². The van der Waals surface area contributed by atoms with E-state index in [1.807, 2.05) is 11.0 Å². The van der Waals surface area contributed by atoms with Crippen LogP contribution in [0.15, 0.2) is 53.4 Å². The SMILES string of the molecule is O=C(CSc1ccc2c3c(cccc13)CC2)N1CCN(Cc2ccc3c(c2)OCO3)CC1. The molecule has 0 aromatic heterocycles. The van der Waals surface area contributed by atoms with E-state index in [0.717, 1.165) is 57.1 Å². The molecule has 5 nitrogen and oxygen atoms in total. The number of nitrogens with zero attached hydrogens (tertiary/aromatic N) is 2. The Bertz CT molecular complexity index is 1180. The largest absolute Gasteiger partial charge is 0.454 e. The second-order valence-electron chi connectivity index (χ2n) is 8.70. The third-order valence-corrected chi connectivity index (χ3v) is 7.81. The standard InChI is InChI=1S/C26H26N2O3S/c29-25(16-32-24-9-7-20-6-5-19-2-1-3-21(24)26(19)20)28-12-10-27(11-13-28)15-18-4-8-22-23(14-18)31-17-30-22/h1-4,7-9,14H,5-6,10-13,15-17H2. The van der Waals surface area contributed by atoms with E-state index in [0.29, 0.717) is 12.5 Å². The van der Waals surface area contributed by atoms with Gasteiger partial charge in [-0.1, -0.05) is 30.3 Å². The highest BCUT2D eigenvalue weighted by Crippen LogP contribution is 2.37. The number of rotatable bonds is 5. The highest BCUT2D eigenvalue weighted by Gasteiger charge is 2.23. The van der Waals surface area contributed by atoms with Gasteiger partial charge in [0.1, 0.15) is 0 Å². The Hall–Kier alpha value is -2.70. The first-order valence-corrected chi connectivity index (χ1v) is 12.3. The zero-order chi connectivity index (χ0) is 21.5. The number of fused-ring (bicyclic) bond motifs is 1. The number of carbonyl (C=O) groups is 1. The number of carbonyl (C=O) groups excluding carboxylic acids is 1. The summed E-state index contributed by atoms with van der Waals surface area (Å²) in [6.07, 6.45) is 2.27. The van der Waals surface area contributed by atoms with E-state index in [2.05, 4.69) is 47.4 Å². The molecule has 0 spiro atoms. The number of ether oxygens (including phenoxy) is 2. The first kappa shape index (κ1) is 19.9. The lowest BCUT2D eigenvalue weighted by Gasteiger charge is -2.34. The van der Waals surface area contributed by atoms with E-state index in [-0.39, 0.29) is 5.91 Å². The molecule has 3 aromatic carbocycles. The Kier molecular flexibility index (Phi) is 5.20. The smallest absolute Gasteiger partial charge is 0.233 e. The number of aryl methyl sites for hydroxylation is 2. The summed E-state index contributed by atoms with van der Waals surface area (Å²) in [6.45, 7) is 4.53. The Balaban J connectivity index is 1.04.